The summed E-state index contributed by atoms with van der Waals surface area (Å²) < 4.78 is 0. The van der Waals surface area contributed by atoms with Crippen molar-refractivity contribution in [3.63, 3.8) is 0 Å². The number of rotatable bonds is 2. The van der Waals surface area contributed by atoms with Crippen LogP contribution >= 0.6 is 0 Å². The molecule has 0 unspecified atom stereocenters. The lowest BCUT2D eigenvalue weighted by molar-refractivity contribution is -0.140. The van der Waals surface area contributed by atoms with Crippen molar-refractivity contribution in [2.75, 3.05) is 6.54 Å². The highest BCUT2D eigenvalue weighted by Crippen LogP contribution is 2.13. The molecule has 0 radical (unpaired) electrons. The number of carbonyl (C=O) groups is 2. The van der Waals surface area contributed by atoms with E-state index in [2.05, 4.69) is 0 Å². The van der Waals surface area contributed by atoms with E-state index in [9.17, 15) is 9.59 Å². The van der Waals surface area contributed by atoms with Crippen LogP contribution in [0.15, 0.2) is 0 Å². The summed E-state index contributed by atoms with van der Waals surface area (Å²) in [5, 5.41) is 0. The van der Waals surface area contributed by atoms with Crippen LogP contribution < -0.4 is 5.73 Å². The third-order valence-corrected chi connectivity index (χ3v) is 2.24. The van der Waals surface area contributed by atoms with Crippen molar-refractivity contribution in [2.45, 2.75) is 32.2 Å². The molecule has 68 valence electrons. The van der Waals surface area contributed by atoms with Gasteiger partial charge in [-0.1, -0.05) is 0 Å². The number of piperidine rings is 1. The SMILES string of the molecule is C[C@H](C(N)=O)N1CCCCC1=O. The average Bonchev–Trinajstić information content (AvgIpc) is 2.04. The summed E-state index contributed by atoms with van der Waals surface area (Å²) >= 11 is 0. The number of hydrogen-bond acceptors (Lipinski definition) is 2. The van der Waals surface area contributed by atoms with Crippen LogP contribution in [-0.4, -0.2) is 29.3 Å². The first-order chi connectivity index (χ1) is 5.63. The van der Waals surface area contributed by atoms with Crippen molar-refractivity contribution in [3.8, 4) is 0 Å². The van der Waals surface area contributed by atoms with Crippen LogP contribution in [0, 0.1) is 0 Å². The molecule has 1 aliphatic heterocycles. The molecule has 0 aromatic rings. The Morgan fingerprint density at radius 3 is 2.75 bits per heavy atom. The topological polar surface area (TPSA) is 63.4 Å². The molecule has 1 heterocycles. The highest BCUT2D eigenvalue weighted by molar-refractivity contribution is 5.86. The second-order valence-electron chi connectivity index (χ2n) is 3.12. The van der Waals surface area contributed by atoms with Gasteiger partial charge in [-0.25, -0.2) is 0 Å². The predicted octanol–water partition coefficient (Wildman–Crippen LogP) is -0.127. The fourth-order valence-electron chi connectivity index (χ4n) is 1.39. The number of nitrogens with two attached hydrogens (primary N) is 1. The molecule has 0 aliphatic carbocycles. The lowest BCUT2D eigenvalue weighted by Crippen LogP contribution is -2.48. The number of amides is 2. The Morgan fingerprint density at radius 1 is 1.58 bits per heavy atom. The molecule has 0 aromatic heterocycles. The van der Waals surface area contributed by atoms with Crippen molar-refractivity contribution in [3.05, 3.63) is 0 Å². The lowest BCUT2D eigenvalue weighted by atomic mass is 10.1. The predicted molar refractivity (Wildman–Crippen MR) is 44.2 cm³/mol. The zero-order valence-electron chi connectivity index (χ0n) is 7.25. The van der Waals surface area contributed by atoms with Crippen LogP contribution in [-0.2, 0) is 9.59 Å². The molecule has 0 aromatic carbocycles. The normalized spacial score (nSPS) is 20.8. The van der Waals surface area contributed by atoms with Gasteiger partial charge in [0.2, 0.25) is 11.8 Å². The second kappa shape index (κ2) is 3.56. The zero-order valence-corrected chi connectivity index (χ0v) is 7.25. The molecule has 1 atom stereocenters. The number of hydrogen-bond donors (Lipinski definition) is 1. The second-order valence-corrected chi connectivity index (χ2v) is 3.12. The molecule has 1 fully saturated rings. The quantitative estimate of drug-likeness (QED) is 0.627. The largest absolute Gasteiger partial charge is 0.368 e. The molecule has 0 bridgehead atoms. The smallest absolute Gasteiger partial charge is 0.239 e. The summed E-state index contributed by atoms with van der Waals surface area (Å²) in [5.41, 5.74) is 5.10. The third-order valence-electron chi connectivity index (χ3n) is 2.24. The third kappa shape index (κ3) is 1.75. The summed E-state index contributed by atoms with van der Waals surface area (Å²) in [6.07, 6.45) is 2.46. The van der Waals surface area contributed by atoms with Gasteiger partial charge in [0.1, 0.15) is 6.04 Å². The fraction of sp³-hybridized carbons (Fsp3) is 0.750. The molecule has 0 saturated carbocycles. The molecule has 2 amide bonds. The number of likely N-dealkylation sites (tertiary alicyclic amines) is 1. The number of carbonyl (C=O) groups excluding carboxylic acids is 2. The van der Waals surface area contributed by atoms with Crippen molar-refractivity contribution in [1.29, 1.82) is 0 Å². The van der Waals surface area contributed by atoms with Gasteiger partial charge in [-0.3, -0.25) is 9.59 Å². The minimum Gasteiger partial charge on any atom is -0.368 e. The van der Waals surface area contributed by atoms with Gasteiger partial charge in [0.15, 0.2) is 0 Å². The maximum absolute atomic E-state index is 11.3. The number of primary amides is 1. The summed E-state index contributed by atoms with van der Waals surface area (Å²) in [6, 6.07) is -0.446. The Hall–Kier alpha value is -1.06. The van der Waals surface area contributed by atoms with Gasteiger partial charge in [-0.15, -0.1) is 0 Å². The van der Waals surface area contributed by atoms with Gasteiger partial charge in [-0.05, 0) is 19.8 Å². The minimum atomic E-state index is -0.446. The van der Waals surface area contributed by atoms with Crippen molar-refractivity contribution in [1.82, 2.24) is 4.90 Å². The summed E-state index contributed by atoms with van der Waals surface area (Å²) in [7, 11) is 0. The minimum absolute atomic E-state index is 0.0487. The first-order valence-electron chi connectivity index (χ1n) is 4.21. The van der Waals surface area contributed by atoms with E-state index in [0.717, 1.165) is 12.8 Å². The van der Waals surface area contributed by atoms with Gasteiger partial charge in [0.25, 0.3) is 0 Å². The molecule has 4 heteroatoms. The van der Waals surface area contributed by atoms with E-state index in [4.69, 9.17) is 5.73 Å². The van der Waals surface area contributed by atoms with E-state index in [-0.39, 0.29) is 5.91 Å². The standard InChI is InChI=1S/C8H14N2O2/c1-6(8(9)12)10-5-3-2-4-7(10)11/h6H,2-5H2,1H3,(H2,9,12)/t6-/m1/s1. The Balaban J connectivity index is 2.59. The molecule has 1 aliphatic rings. The van der Waals surface area contributed by atoms with Crippen LogP contribution in [0.25, 0.3) is 0 Å². The van der Waals surface area contributed by atoms with Gasteiger partial charge in [-0.2, -0.15) is 0 Å². The van der Waals surface area contributed by atoms with E-state index in [1.807, 2.05) is 0 Å². The Bertz CT molecular complexity index is 203. The van der Waals surface area contributed by atoms with Gasteiger partial charge < -0.3 is 10.6 Å². The molecule has 12 heavy (non-hydrogen) atoms. The van der Waals surface area contributed by atoms with E-state index in [1.54, 1.807) is 11.8 Å². The van der Waals surface area contributed by atoms with Crippen molar-refractivity contribution < 1.29 is 9.59 Å². The van der Waals surface area contributed by atoms with Crippen LogP contribution in [0.1, 0.15) is 26.2 Å². The molecule has 4 nitrogen and oxygen atoms in total. The van der Waals surface area contributed by atoms with Gasteiger partial charge in [0, 0.05) is 13.0 Å². The monoisotopic (exact) mass is 170 g/mol. The Morgan fingerprint density at radius 2 is 2.25 bits per heavy atom. The Labute approximate surface area is 71.7 Å². The highest BCUT2D eigenvalue weighted by Gasteiger charge is 2.25. The van der Waals surface area contributed by atoms with Crippen LogP contribution in [0.5, 0.6) is 0 Å². The molecule has 1 rings (SSSR count). The van der Waals surface area contributed by atoms with Crippen LogP contribution in [0.2, 0.25) is 0 Å². The first-order valence-corrected chi connectivity index (χ1v) is 4.21. The molecular weight excluding hydrogens is 156 g/mol. The van der Waals surface area contributed by atoms with E-state index in [1.165, 1.54) is 0 Å². The molecule has 1 saturated heterocycles. The first kappa shape index (κ1) is 9.03. The molecular formula is C8H14N2O2. The fourth-order valence-corrected chi connectivity index (χ4v) is 1.39. The maximum atomic E-state index is 11.3. The zero-order chi connectivity index (χ0) is 9.14. The van der Waals surface area contributed by atoms with Gasteiger partial charge >= 0.3 is 0 Å². The Kier molecular flexibility index (Phi) is 2.68. The van der Waals surface area contributed by atoms with Gasteiger partial charge in [0.05, 0.1) is 0 Å². The van der Waals surface area contributed by atoms with Crippen molar-refractivity contribution in [2.24, 2.45) is 5.73 Å². The molecule has 0 spiro atoms. The highest BCUT2D eigenvalue weighted by atomic mass is 16.2. The van der Waals surface area contributed by atoms with E-state index < -0.39 is 11.9 Å². The van der Waals surface area contributed by atoms with E-state index >= 15 is 0 Å². The maximum Gasteiger partial charge on any atom is 0.239 e. The summed E-state index contributed by atoms with van der Waals surface area (Å²) in [4.78, 5) is 23.6. The van der Waals surface area contributed by atoms with Crippen molar-refractivity contribution >= 4 is 11.8 Å². The average molecular weight is 170 g/mol. The number of nitrogens with zero attached hydrogens (tertiary/aromatic N) is 1. The molecule has 2 N–H and O–H groups in total. The van der Waals surface area contributed by atoms with Crippen LogP contribution in [0.3, 0.4) is 0 Å². The summed E-state index contributed by atoms with van der Waals surface area (Å²) in [6.45, 7) is 2.34. The van der Waals surface area contributed by atoms with E-state index in [0.29, 0.717) is 13.0 Å². The lowest BCUT2D eigenvalue weighted by Gasteiger charge is -2.30. The van der Waals surface area contributed by atoms with Crippen LogP contribution in [0.4, 0.5) is 0 Å². The summed E-state index contributed by atoms with van der Waals surface area (Å²) in [5.74, 6) is -0.377.